The van der Waals surface area contributed by atoms with Crippen LogP contribution in [0.5, 0.6) is 5.75 Å². The van der Waals surface area contributed by atoms with Gasteiger partial charge >= 0.3 is 0 Å². The molecule has 1 atom stereocenters. The van der Waals surface area contributed by atoms with Gasteiger partial charge in [-0.15, -0.1) is 11.3 Å². The molecule has 0 spiro atoms. The van der Waals surface area contributed by atoms with Crippen LogP contribution in [0.2, 0.25) is 0 Å². The third kappa shape index (κ3) is 2.61. The van der Waals surface area contributed by atoms with E-state index in [-0.39, 0.29) is 0 Å². The van der Waals surface area contributed by atoms with Crippen LogP contribution in [0.1, 0.15) is 35.2 Å². The summed E-state index contributed by atoms with van der Waals surface area (Å²) in [5.74, 6) is 1.61. The molecule has 1 aromatic carbocycles. The maximum atomic E-state index is 9.38. The summed E-state index contributed by atoms with van der Waals surface area (Å²) in [7, 11) is 1.68. The van der Waals surface area contributed by atoms with Crippen molar-refractivity contribution in [3.05, 3.63) is 40.0 Å². The summed E-state index contributed by atoms with van der Waals surface area (Å²) in [6.07, 6.45) is 3.79. The predicted octanol–water partition coefficient (Wildman–Crippen LogP) is 4.57. The van der Waals surface area contributed by atoms with Crippen LogP contribution in [0.25, 0.3) is 16.2 Å². The predicted molar refractivity (Wildman–Crippen MR) is 100 cm³/mol. The van der Waals surface area contributed by atoms with Crippen molar-refractivity contribution in [2.24, 2.45) is 5.92 Å². The SMILES string of the molecule is COc1ccc(-c2nc3sc4c(n3c2CC#N)CCC(C)C4)cc1C. The van der Waals surface area contributed by atoms with Gasteiger partial charge in [-0.3, -0.25) is 4.40 Å². The molecule has 0 aliphatic heterocycles. The van der Waals surface area contributed by atoms with Gasteiger partial charge < -0.3 is 4.74 Å². The summed E-state index contributed by atoms with van der Waals surface area (Å²) < 4.78 is 7.62. The van der Waals surface area contributed by atoms with Gasteiger partial charge in [0.05, 0.1) is 31.0 Å². The Balaban J connectivity index is 1.90. The van der Waals surface area contributed by atoms with Crippen LogP contribution in [-0.2, 0) is 19.3 Å². The van der Waals surface area contributed by atoms with E-state index in [0.29, 0.717) is 6.42 Å². The highest BCUT2D eigenvalue weighted by atomic mass is 32.1. The zero-order valence-electron chi connectivity index (χ0n) is 14.8. The number of nitriles is 1. The molecule has 128 valence electrons. The highest BCUT2D eigenvalue weighted by molar-refractivity contribution is 7.17. The Hall–Kier alpha value is -2.32. The Bertz CT molecular complexity index is 993. The van der Waals surface area contributed by atoms with E-state index in [1.54, 1.807) is 18.4 Å². The molecule has 4 rings (SSSR count). The van der Waals surface area contributed by atoms with E-state index in [1.807, 2.05) is 19.1 Å². The highest BCUT2D eigenvalue weighted by Crippen LogP contribution is 2.37. The third-order valence-electron chi connectivity index (χ3n) is 5.07. The minimum absolute atomic E-state index is 0.375. The van der Waals surface area contributed by atoms with Gasteiger partial charge in [0.2, 0.25) is 0 Å². The molecular formula is C20H21N3OS. The lowest BCUT2D eigenvalue weighted by Gasteiger charge is -2.18. The van der Waals surface area contributed by atoms with Crippen molar-refractivity contribution in [1.82, 2.24) is 9.38 Å². The minimum Gasteiger partial charge on any atom is -0.496 e. The van der Waals surface area contributed by atoms with Gasteiger partial charge in [-0.05, 0) is 55.9 Å². The number of thiazole rings is 1. The maximum absolute atomic E-state index is 9.38. The standard InChI is InChI=1S/C20H21N3OS/c1-12-4-6-15-18(10-12)25-20-22-19(16(8-9-21)23(15)20)14-5-7-17(24-3)13(2)11-14/h5,7,11-12H,4,6,8,10H2,1-3H3. The first kappa shape index (κ1) is 16.2. The number of benzene rings is 1. The van der Waals surface area contributed by atoms with E-state index in [9.17, 15) is 5.26 Å². The number of hydrogen-bond donors (Lipinski definition) is 0. The lowest BCUT2D eigenvalue weighted by Crippen LogP contribution is -2.11. The van der Waals surface area contributed by atoms with Crippen LogP contribution in [0.4, 0.5) is 0 Å². The second kappa shape index (κ2) is 6.20. The fourth-order valence-corrected chi connectivity index (χ4v) is 5.13. The van der Waals surface area contributed by atoms with Crippen molar-refractivity contribution in [2.45, 2.75) is 39.5 Å². The molecule has 25 heavy (non-hydrogen) atoms. The van der Waals surface area contributed by atoms with E-state index < -0.39 is 0 Å². The number of aryl methyl sites for hydroxylation is 2. The number of methoxy groups -OCH3 is 1. The Kier molecular flexibility index (Phi) is 4.01. The molecule has 1 unspecified atom stereocenters. The topological polar surface area (TPSA) is 50.3 Å². The first-order valence-electron chi connectivity index (χ1n) is 8.66. The molecule has 0 radical (unpaired) electrons. The summed E-state index contributed by atoms with van der Waals surface area (Å²) >= 11 is 1.79. The Morgan fingerprint density at radius 3 is 3.00 bits per heavy atom. The van der Waals surface area contributed by atoms with Crippen molar-refractivity contribution >= 4 is 16.3 Å². The van der Waals surface area contributed by atoms with Crippen LogP contribution < -0.4 is 4.74 Å². The van der Waals surface area contributed by atoms with Gasteiger partial charge in [0.15, 0.2) is 4.96 Å². The fraction of sp³-hybridized carbons (Fsp3) is 0.400. The smallest absolute Gasteiger partial charge is 0.194 e. The molecule has 0 N–H and O–H groups in total. The number of hydrogen-bond acceptors (Lipinski definition) is 4. The molecule has 0 saturated carbocycles. The van der Waals surface area contributed by atoms with Crippen molar-refractivity contribution in [3.8, 4) is 23.1 Å². The molecule has 4 nitrogen and oxygen atoms in total. The number of ether oxygens (including phenoxy) is 1. The molecule has 0 bridgehead atoms. The molecule has 0 fully saturated rings. The number of nitrogens with zero attached hydrogens (tertiary/aromatic N) is 3. The van der Waals surface area contributed by atoms with Crippen molar-refractivity contribution < 1.29 is 4.74 Å². The highest BCUT2D eigenvalue weighted by Gasteiger charge is 2.25. The summed E-state index contributed by atoms with van der Waals surface area (Å²) in [5, 5.41) is 9.38. The quantitative estimate of drug-likeness (QED) is 0.694. The lowest BCUT2D eigenvalue weighted by molar-refractivity contribution is 0.412. The molecule has 0 saturated heterocycles. The van der Waals surface area contributed by atoms with E-state index in [4.69, 9.17) is 9.72 Å². The molecule has 1 aliphatic carbocycles. The largest absolute Gasteiger partial charge is 0.496 e. The van der Waals surface area contributed by atoms with E-state index in [1.165, 1.54) is 17.0 Å². The Morgan fingerprint density at radius 2 is 2.28 bits per heavy atom. The molecule has 5 heteroatoms. The van der Waals surface area contributed by atoms with Gasteiger partial charge in [0.25, 0.3) is 0 Å². The third-order valence-corrected chi connectivity index (χ3v) is 6.18. The van der Waals surface area contributed by atoms with Crippen LogP contribution in [-0.4, -0.2) is 16.5 Å². The van der Waals surface area contributed by atoms with Gasteiger partial charge in [0.1, 0.15) is 5.75 Å². The minimum atomic E-state index is 0.375. The Morgan fingerprint density at radius 1 is 1.44 bits per heavy atom. The normalized spacial score (nSPS) is 16.6. The molecule has 1 aliphatic rings. The first-order chi connectivity index (χ1) is 12.1. The van der Waals surface area contributed by atoms with E-state index in [2.05, 4.69) is 23.5 Å². The van der Waals surface area contributed by atoms with E-state index in [0.717, 1.165) is 52.0 Å². The van der Waals surface area contributed by atoms with Gasteiger partial charge in [-0.25, -0.2) is 4.98 Å². The zero-order valence-corrected chi connectivity index (χ0v) is 15.6. The van der Waals surface area contributed by atoms with E-state index >= 15 is 0 Å². The summed E-state index contributed by atoms with van der Waals surface area (Å²) in [6, 6.07) is 8.44. The van der Waals surface area contributed by atoms with Crippen LogP contribution in [0, 0.1) is 24.2 Å². The van der Waals surface area contributed by atoms with Gasteiger partial charge in [-0.2, -0.15) is 5.26 Å². The fourth-order valence-electron chi connectivity index (χ4n) is 3.78. The molecule has 0 amide bonds. The lowest BCUT2D eigenvalue weighted by atomic mass is 9.93. The van der Waals surface area contributed by atoms with Crippen LogP contribution >= 0.6 is 11.3 Å². The van der Waals surface area contributed by atoms with Crippen molar-refractivity contribution in [1.29, 1.82) is 5.26 Å². The summed E-state index contributed by atoms with van der Waals surface area (Å²) in [6.45, 7) is 4.35. The number of fused-ring (bicyclic) bond motifs is 3. The second-order valence-corrected chi connectivity index (χ2v) is 7.93. The zero-order chi connectivity index (χ0) is 17.6. The average Bonchev–Trinajstić information content (AvgIpc) is 3.11. The summed E-state index contributed by atoms with van der Waals surface area (Å²) in [5.41, 5.74) is 5.45. The second-order valence-electron chi connectivity index (χ2n) is 6.86. The molecule has 2 aromatic heterocycles. The van der Waals surface area contributed by atoms with Crippen LogP contribution in [0.15, 0.2) is 18.2 Å². The molecular weight excluding hydrogens is 330 g/mol. The molecule has 2 heterocycles. The number of aromatic nitrogens is 2. The van der Waals surface area contributed by atoms with Crippen LogP contribution in [0.3, 0.4) is 0 Å². The van der Waals surface area contributed by atoms with Gasteiger partial charge in [-0.1, -0.05) is 6.92 Å². The Labute approximate surface area is 151 Å². The molecule has 3 aromatic rings. The van der Waals surface area contributed by atoms with Gasteiger partial charge in [0, 0.05) is 16.1 Å². The average molecular weight is 351 g/mol. The van der Waals surface area contributed by atoms with Crippen molar-refractivity contribution in [3.63, 3.8) is 0 Å². The maximum Gasteiger partial charge on any atom is 0.194 e. The summed E-state index contributed by atoms with van der Waals surface area (Å²) in [4.78, 5) is 7.38. The first-order valence-corrected chi connectivity index (χ1v) is 9.47. The number of imidazole rings is 1. The van der Waals surface area contributed by atoms with Crippen molar-refractivity contribution in [2.75, 3.05) is 7.11 Å². The number of rotatable bonds is 3. The monoisotopic (exact) mass is 351 g/mol.